The van der Waals surface area contributed by atoms with E-state index in [0.717, 1.165) is 31.2 Å². The number of nitrogens with two attached hydrogens (primary N) is 5. The number of carbonyl (C=O) groups excluding carboxylic acids is 6. The normalized spacial score (nSPS) is 23.4. The van der Waals surface area contributed by atoms with Gasteiger partial charge in [-0.25, -0.2) is 0 Å². The summed E-state index contributed by atoms with van der Waals surface area (Å²) in [5, 5.41) is 5.12. The first-order chi connectivity index (χ1) is 23.4. The Bertz CT molecular complexity index is 1400. The SMILES string of the molecule is NC(=O)C[C@@H](NC(=O)[C@@H]1CCCN1C(=O)[C@@H]1C[C@@H]2CCCC[C@@H]2N1C(=O)[C@H](N)CCCN=C(N)N)C(=O)N[C@@H](Cc1ccccc1)C(N)=O. The third-order valence-corrected chi connectivity index (χ3v) is 9.73. The van der Waals surface area contributed by atoms with Crippen molar-refractivity contribution >= 4 is 41.4 Å². The Morgan fingerprint density at radius 3 is 2.27 bits per heavy atom. The Morgan fingerprint density at radius 2 is 1.59 bits per heavy atom. The summed E-state index contributed by atoms with van der Waals surface area (Å²) in [6, 6.07) is 3.69. The molecular weight excluding hydrogens is 632 g/mol. The lowest BCUT2D eigenvalue weighted by atomic mass is 9.84. The van der Waals surface area contributed by atoms with Crippen molar-refractivity contribution in [3.63, 3.8) is 0 Å². The molecule has 2 heterocycles. The maximum atomic E-state index is 14.2. The molecule has 0 bridgehead atoms. The number of carbonyl (C=O) groups is 6. The van der Waals surface area contributed by atoms with Gasteiger partial charge in [0, 0.05) is 25.6 Å². The van der Waals surface area contributed by atoms with Crippen molar-refractivity contribution in [1.29, 1.82) is 0 Å². The number of likely N-dealkylation sites (tertiary alicyclic amines) is 2. The number of aliphatic imine (C=N–C) groups is 1. The number of hydrogen-bond acceptors (Lipinski definition) is 8. The lowest BCUT2D eigenvalue weighted by molar-refractivity contribution is -0.149. The highest BCUT2D eigenvalue weighted by Gasteiger charge is 2.51. The van der Waals surface area contributed by atoms with Crippen LogP contribution in [0.1, 0.15) is 69.8 Å². The molecule has 1 aromatic carbocycles. The van der Waals surface area contributed by atoms with Crippen LogP contribution in [0.15, 0.2) is 35.3 Å². The van der Waals surface area contributed by atoms with E-state index in [4.69, 9.17) is 28.7 Å². The predicted octanol–water partition coefficient (Wildman–Crippen LogP) is -1.91. The molecule has 3 fully saturated rings. The molecule has 268 valence electrons. The molecule has 1 saturated carbocycles. The van der Waals surface area contributed by atoms with E-state index in [2.05, 4.69) is 15.6 Å². The molecular formula is C33H50N10O6. The van der Waals surface area contributed by atoms with Crippen LogP contribution < -0.4 is 39.3 Å². The molecule has 4 rings (SSSR count). The topological polar surface area (TPSA) is 275 Å². The molecule has 7 atom stereocenters. The number of benzene rings is 1. The van der Waals surface area contributed by atoms with Crippen molar-refractivity contribution in [2.45, 2.75) is 107 Å². The minimum absolute atomic E-state index is 0.0427. The summed E-state index contributed by atoms with van der Waals surface area (Å²) in [4.78, 5) is 86.2. The van der Waals surface area contributed by atoms with Gasteiger partial charge in [-0.2, -0.15) is 0 Å². The number of nitrogens with one attached hydrogen (secondary N) is 2. The summed E-state index contributed by atoms with van der Waals surface area (Å²) in [5.74, 6) is -3.65. The summed E-state index contributed by atoms with van der Waals surface area (Å²) in [5.41, 5.74) is 28.9. The van der Waals surface area contributed by atoms with Gasteiger partial charge in [-0.05, 0) is 56.4 Å². The maximum Gasteiger partial charge on any atom is 0.246 e. The van der Waals surface area contributed by atoms with Crippen LogP contribution in [0.5, 0.6) is 0 Å². The number of guanidine groups is 1. The van der Waals surface area contributed by atoms with Crippen molar-refractivity contribution in [2.75, 3.05) is 13.1 Å². The Hall–Kier alpha value is -4.73. The summed E-state index contributed by atoms with van der Waals surface area (Å²) in [6.07, 6.45) is 5.31. The summed E-state index contributed by atoms with van der Waals surface area (Å²) < 4.78 is 0. The second-order valence-electron chi connectivity index (χ2n) is 13.2. The van der Waals surface area contributed by atoms with Gasteiger partial charge < -0.3 is 49.1 Å². The average Bonchev–Trinajstić information content (AvgIpc) is 3.71. The van der Waals surface area contributed by atoms with Gasteiger partial charge in [0.15, 0.2) is 5.96 Å². The van der Waals surface area contributed by atoms with E-state index in [1.165, 1.54) is 4.90 Å². The summed E-state index contributed by atoms with van der Waals surface area (Å²) in [6.45, 7) is 0.607. The van der Waals surface area contributed by atoms with E-state index in [-0.39, 0.29) is 42.7 Å². The van der Waals surface area contributed by atoms with Crippen molar-refractivity contribution in [3.8, 4) is 0 Å². The number of amides is 6. The van der Waals surface area contributed by atoms with Crippen molar-refractivity contribution < 1.29 is 28.8 Å². The molecule has 12 N–H and O–H groups in total. The fourth-order valence-corrected chi connectivity index (χ4v) is 7.35. The van der Waals surface area contributed by atoms with E-state index < -0.39 is 60.3 Å². The van der Waals surface area contributed by atoms with E-state index >= 15 is 0 Å². The van der Waals surface area contributed by atoms with Crippen LogP contribution in [0.4, 0.5) is 0 Å². The van der Waals surface area contributed by atoms with Crippen LogP contribution in [0.3, 0.4) is 0 Å². The van der Waals surface area contributed by atoms with Crippen LogP contribution in [0.25, 0.3) is 0 Å². The van der Waals surface area contributed by atoms with Crippen molar-refractivity contribution in [1.82, 2.24) is 20.4 Å². The molecule has 0 unspecified atom stereocenters. The van der Waals surface area contributed by atoms with Crippen LogP contribution in [0.2, 0.25) is 0 Å². The first kappa shape index (κ1) is 37.1. The fourth-order valence-electron chi connectivity index (χ4n) is 7.35. The molecule has 49 heavy (non-hydrogen) atoms. The molecule has 1 aliphatic carbocycles. The molecule has 3 aliphatic rings. The second-order valence-corrected chi connectivity index (χ2v) is 13.2. The van der Waals surface area contributed by atoms with Crippen molar-refractivity contribution in [3.05, 3.63) is 35.9 Å². The van der Waals surface area contributed by atoms with Crippen molar-refractivity contribution in [2.24, 2.45) is 39.6 Å². The number of rotatable bonds is 15. The highest BCUT2D eigenvalue weighted by atomic mass is 16.2. The molecule has 2 saturated heterocycles. The number of fused-ring (bicyclic) bond motifs is 1. The van der Waals surface area contributed by atoms with E-state index in [9.17, 15) is 28.8 Å². The summed E-state index contributed by atoms with van der Waals surface area (Å²) in [7, 11) is 0. The molecule has 16 nitrogen and oxygen atoms in total. The van der Waals surface area contributed by atoms with Gasteiger partial charge in [0.1, 0.15) is 24.2 Å². The molecule has 0 radical (unpaired) electrons. The van der Waals surface area contributed by atoms with Gasteiger partial charge in [0.05, 0.1) is 12.5 Å². The lowest BCUT2D eigenvalue weighted by Crippen LogP contribution is -2.59. The lowest BCUT2D eigenvalue weighted by Gasteiger charge is -2.37. The average molecular weight is 683 g/mol. The zero-order valence-electron chi connectivity index (χ0n) is 27.8. The van der Waals surface area contributed by atoms with Crippen LogP contribution in [-0.4, -0.2) is 101 Å². The Labute approximate surface area is 285 Å². The molecule has 2 aliphatic heterocycles. The monoisotopic (exact) mass is 682 g/mol. The number of hydrogen-bond donors (Lipinski definition) is 7. The number of nitrogens with zero attached hydrogens (tertiary/aromatic N) is 3. The van der Waals surface area contributed by atoms with Gasteiger partial charge in [-0.3, -0.25) is 33.8 Å². The molecule has 0 aromatic heterocycles. The quantitative estimate of drug-likeness (QED) is 0.0617. The second kappa shape index (κ2) is 17.1. The summed E-state index contributed by atoms with van der Waals surface area (Å²) >= 11 is 0. The molecule has 6 amide bonds. The Kier molecular flexibility index (Phi) is 12.9. The third-order valence-electron chi connectivity index (χ3n) is 9.73. The van der Waals surface area contributed by atoms with Gasteiger partial charge in [0.25, 0.3) is 0 Å². The first-order valence-corrected chi connectivity index (χ1v) is 17.0. The van der Waals surface area contributed by atoms with Gasteiger partial charge >= 0.3 is 0 Å². The minimum Gasteiger partial charge on any atom is -0.370 e. The highest BCUT2D eigenvalue weighted by molar-refractivity contribution is 5.97. The predicted molar refractivity (Wildman–Crippen MR) is 181 cm³/mol. The Balaban J connectivity index is 1.47. The number of primary amides is 2. The van der Waals surface area contributed by atoms with E-state index in [1.807, 2.05) is 0 Å². The van der Waals surface area contributed by atoms with Gasteiger partial charge in [0.2, 0.25) is 35.4 Å². The van der Waals surface area contributed by atoms with Crippen LogP contribution in [0, 0.1) is 5.92 Å². The van der Waals surface area contributed by atoms with Crippen LogP contribution in [-0.2, 0) is 35.2 Å². The highest BCUT2D eigenvalue weighted by Crippen LogP contribution is 2.41. The Morgan fingerprint density at radius 1 is 0.878 bits per heavy atom. The zero-order chi connectivity index (χ0) is 35.7. The van der Waals surface area contributed by atoms with Gasteiger partial charge in [-0.15, -0.1) is 0 Å². The molecule has 0 spiro atoms. The zero-order valence-corrected chi connectivity index (χ0v) is 27.8. The third kappa shape index (κ3) is 9.68. The van der Waals surface area contributed by atoms with Crippen LogP contribution >= 0.6 is 0 Å². The molecule has 16 heteroatoms. The van der Waals surface area contributed by atoms with E-state index in [1.54, 1.807) is 35.2 Å². The largest absolute Gasteiger partial charge is 0.370 e. The maximum absolute atomic E-state index is 14.2. The smallest absolute Gasteiger partial charge is 0.246 e. The van der Waals surface area contributed by atoms with Gasteiger partial charge in [-0.1, -0.05) is 43.2 Å². The van der Waals surface area contributed by atoms with E-state index in [0.29, 0.717) is 38.6 Å². The fraction of sp³-hybridized carbons (Fsp3) is 0.606. The standard InChI is InChI=1S/C33H50N10O6/c34-21(11-6-14-39-33(37)38)31(48)43-24-12-5-4-10-20(24)17-26(43)32(49)42-15-7-13-25(42)30(47)41-23(18-27(35)44)29(46)40-22(28(36)45)16-19-8-2-1-3-9-19/h1-3,8-9,20-26H,4-7,10-18,34H2,(H2,35,44)(H2,36,45)(H,40,46)(H,41,47)(H4,37,38,39)/t20-,21+,22-,23+,24-,25-,26-/m0/s1. The molecule has 1 aromatic rings. The first-order valence-electron chi connectivity index (χ1n) is 17.0. The minimum atomic E-state index is -1.41.